The Hall–Kier alpha value is -0.790. The van der Waals surface area contributed by atoms with E-state index in [2.05, 4.69) is 0 Å². The maximum atomic E-state index is 12.7. The van der Waals surface area contributed by atoms with Crippen LogP contribution in [-0.2, 0) is 20.8 Å². The van der Waals surface area contributed by atoms with Crippen LogP contribution >= 0.6 is 11.6 Å². The third-order valence-corrected chi connectivity index (χ3v) is 4.45. The van der Waals surface area contributed by atoms with E-state index >= 15 is 0 Å². The Labute approximate surface area is 120 Å². The lowest BCUT2D eigenvalue weighted by Gasteiger charge is -2.11. The highest BCUT2D eigenvalue weighted by Gasteiger charge is 2.34. The normalized spacial score (nSPS) is 12.7. The summed E-state index contributed by atoms with van der Waals surface area (Å²) in [5, 5.41) is -0.529. The maximum absolute atomic E-state index is 12.7. The Morgan fingerprint density at radius 1 is 1.25 bits per heavy atom. The van der Waals surface area contributed by atoms with Crippen molar-refractivity contribution in [2.24, 2.45) is 0 Å². The summed E-state index contributed by atoms with van der Waals surface area (Å²) >= 11 is 5.44. The highest BCUT2D eigenvalue weighted by Crippen LogP contribution is 2.36. The van der Waals surface area contributed by atoms with Crippen LogP contribution < -0.4 is 0 Å². The van der Waals surface area contributed by atoms with Crippen LogP contribution in [0.15, 0.2) is 23.1 Å². The smallest absolute Gasteiger partial charge is 0.380 e. The van der Waals surface area contributed by atoms with E-state index in [1.807, 2.05) is 6.92 Å². The standard InChI is InChI=1S/C12H14ClF3O3S/c1-2-5-19-6-7-20(17,18)9-3-4-11(13)10(8-9)12(14,15)16/h3-4,8H,2,5-7H2,1H3. The minimum absolute atomic E-state index is 0.0554. The second kappa shape index (κ2) is 6.78. The van der Waals surface area contributed by atoms with E-state index in [0.29, 0.717) is 12.7 Å². The molecule has 0 unspecified atom stereocenters. The molecule has 0 bridgehead atoms. The van der Waals surface area contributed by atoms with E-state index in [0.717, 1.165) is 18.6 Å². The molecule has 0 saturated carbocycles. The van der Waals surface area contributed by atoms with Crippen molar-refractivity contribution in [3.63, 3.8) is 0 Å². The molecule has 0 spiro atoms. The summed E-state index contributed by atoms with van der Waals surface area (Å²) in [6.45, 7) is 2.22. The predicted molar refractivity (Wildman–Crippen MR) is 69.6 cm³/mol. The molecule has 20 heavy (non-hydrogen) atoms. The molecule has 0 amide bonds. The molecular formula is C12H14ClF3O3S. The van der Waals surface area contributed by atoms with E-state index in [1.165, 1.54) is 0 Å². The average molecular weight is 331 g/mol. The van der Waals surface area contributed by atoms with Gasteiger partial charge in [-0.1, -0.05) is 18.5 Å². The van der Waals surface area contributed by atoms with E-state index < -0.39 is 31.5 Å². The second-order valence-electron chi connectivity index (χ2n) is 4.07. The van der Waals surface area contributed by atoms with Gasteiger partial charge < -0.3 is 4.74 Å². The molecule has 0 atom stereocenters. The first-order valence-electron chi connectivity index (χ1n) is 5.85. The van der Waals surface area contributed by atoms with Gasteiger partial charge in [-0.2, -0.15) is 13.2 Å². The lowest BCUT2D eigenvalue weighted by Crippen LogP contribution is -2.14. The number of hydrogen-bond acceptors (Lipinski definition) is 3. The van der Waals surface area contributed by atoms with Crippen molar-refractivity contribution in [1.29, 1.82) is 0 Å². The molecule has 114 valence electrons. The molecule has 1 rings (SSSR count). The average Bonchev–Trinajstić information content (AvgIpc) is 2.33. The summed E-state index contributed by atoms with van der Waals surface area (Å²) in [6, 6.07) is 2.55. The van der Waals surface area contributed by atoms with Gasteiger partial charge in [0, 0.05) is 6.61 Å². The second-order valence-corrected chi connectivity index (χ2v) is 6.59. The van der Waals surface area contributed by atoms with E-state index in [1.54, 1.807) is 0 Å². The van der Waals surface area contributed by atoms with Gasteiger partial charge in [-0.15, -0.1) is 0 Å². The van der Waals surface area contributed by atoms with Crippen LogP contribution in [0.5, 0.6) is 0 Å². The van der Waals surface area contributed by atoms with Crippen molar-refractivity contribution in [3.05, 3.63) is 28.8 Å². The Balaban J connectivity index is 2.96. The van der Waals surface area contributed by atoms with Crippen LogP contribution in [0, 0.1) is 0 Å². The van der Waals surface area contributed by atoms with Crippen LogP contribution in [0.25, 0.3) is 0 Å². The van der Waals surface area contributed by atoms with Gasteiger partial charge in [-0.3, -0.25) is 0 Å². The molecule has 1 aromatic rings. The minimum atomic E-state index is -4.69. The van der Waals surface area contributed by atoms with Crippen molar-refractivity contribution < 1.29 is 26.3 Å². The summed E-state index contributed by atoms with van der Waals surface area (Å²) in [5.41, 5.74) is -1.16. The van der Waals surface area contributed by atoms with Gasteiger partial charge in [0.05, 0.1) is 27.8 Å². The van der Waals surface area contributed by atoms with Gasteiger partial charge in [-0.05, 0) is 24.6 Å². The summed E-state index contributed by atoms with van der Waals surface area (Å²) in [6.07, 6.45) is -3.96. The van der Waals surface area contributed by atoms with Crippen molar-refractivity contribution in [3.8, 4) is 0 Å². The number of ether oxygens (including phenoxy) is 1. The molecule has 0 radical (unpaired) electrons. The van der Waals surface area contributed by atoms with Crippen molar-refractivity contribution in [1.82, 2.24) is 0 Å². The van der Waals surface area contributed by atoms with Crippen molar-refractivity contribution in [2.45, 2.75) is 24.4 Å². The summed E-state index contributed by atoms with van der Waals surface area (Å²) in [5.74, 6) is -0.369. The van der Waals surface area contributed by atoms with Crippen LogP contribution in [0.4, 0.5) is 13.2 Å². The summed E-state index contributed by atoms with van der Waals surface area (Å²) < 4.78 is 66.8. The predicted octanol–water partition coefficient (Wildman–Crippen LogP) is 3.56. The first kappa shape index (κ1) is 17.3. The van der Waals surface area contributed by atoms with Crippen molar-refractivity contribution >= 4 is 21.4 Å². The fourth-order valence-electron chi connectivity index (χ4n) is 1.45. The van der Waals surface area contributed by atoms with E-state index in [-0.39, 0.29) is 12.4 Å². The highest BCUT2D eigenvalue weighted by molar-refractivity contribution is 7.91. The zero-order valence-corrected chi connectivity index (χ0v) is 12.3. The maximum Gasteiger partial charge on any atom is 0.417 e. The zero-order chi connectivity index (χ0) is 15.4. The third-order valence-electron chi connectivity index (χ3n) is 2.45. The molecular weight excluding hydrogens is 317 g/mol. The number of rotatable bonds is 6. The molecule has 0 N–H and O–H groups in total. The molecule has 3 nitrogen and oxygen atoms in total. The Bertz CT molecular complexity index is 556. The zero-order valence-electron chi connectivity index (χ0n) is 10.7. The molecule has 0 saturated heterocycles. The largest absolute Gasteiger partial charge is 0.417 e. The van der Waals surface area contributed by atoms with Crippen molar-refractivity contribution in [2.75, 3.05) is 19.0 Å². The highest BCUT2D eigenvalue weighted by atomic mass is 35.5. The molecule has 0 fully saturated rings. The fraction of sp³-hybridized carbons (Fsp3) is 0.500. The third kappa shape index (κ3) is 4.64. The lowest BCUT2D eigenvalue weighted by molar-refractivity contribution is -0.137. The number of hydrogen-bond donors (Lipinski definition) is 0. The Morgan fingerprint density at radius 3 is 2.45 bits per heavy atom. The number of halogens is 4. The molecule has 1 aromatic carbocycles. The molecule has 0 heterocycles. The first-order chi connectivity index (χ1) is 9.18. The molecule has 0 aliphatic rings. The van der Waals surface area contributed by atoms with Gasteiger partial charge in [-0.25, -0.2) is 8.42 Å². The van der Waals surface area contributed by atoms with Gasteiger partial charge in [0.15, 0.2) is 9.84 Å². The number of sulfone groups is 1. The molecule has 0 aromatic heterocycles. The van der Waals surface area contributed by atoms with Gasteiger partial charge in [0.2, 0.25) is 0 Å². The SMILES string of the molecule is CCCOCCS(=O)(=O)c1ccc(Cl)c(C(F)(F)F)c1. The lowest BCUT2D eigenvalue weighted by atomic mass is 10.2. The number of alkyl halides is 3. The van der Waals surface area contributed by atoms with Crippen LogP contribution in [0.1, 0.15) is 18.9 Å². The first-order valence-corrected chi connectivity index (χ1v) is 7.88. The quantitative estimate of drug-likeness (QED) is 0.749. The molecule has 0 aliphatic heterocycles. The summed E-state index contributed by atoms with van der Waals surface area (Å²) in [7, 11) is -3.82. The van der Waals surface area contributed by atoms with Gasteiger partial charge in [0.25, 0.3) is 0 Å². The molecule has 8 heteroatoms. The molecule has 0 aliphatic carbocycles. The Morgan fingerprint density at radius 2 is 1.90 bits per heavy atom. The van der Waals surface area contributed by atoms with E-state index in [9.17, 15) is 21.6 Å². The minimum Gasteiger partial charge on any atom is -0.380 e. The topological polar surface area (TPSA) is 43.4 Å². The fourth-order valence-corrected chi connectivity index (χ4v) is 2.82. The van der Waals surface area contributed by atoms with Crippen LogP contribution in [-0.4, -0.2) is 27.4 Å². The van der Waals surface area contributed by atoms with Gasteiger partial charge >= 0.3 is 6.18 Å². The van der Waals surface area contributed by atoms with Gasteiger partial charge in [0.1, 0.15) is 0 Å². The Kier molecular flexibility index (Phi) is 5.85. The monoisotopic (exact) mass is 330 g/mol. The van der Waals surface area contributed by atoms with Crippen LogP contribution in [0.2, 0.25) is 5.02 Å². The van der Waals surface area contributed by atoms with Crippen LogP contribution in [0.3, 0.4) is 0 Å². The summed E-state index contributed by atoms with van der Waals surface area (Å²) in [4.78, 5) is -0.408. The number of benzene rings is 1. The van der Waals surface area contributed by atoms with E-state index in [4.69, 9.17) is 16.3 Å².